The third-order valence-corrected chi connectivity index (χ3v) is 15.5. The molecule has 0 aliphatic heterocycles. The van der Waals surface area contributed by atoms with Gasteiger partial charge in [0.05, 0.1) is 5.76 Å². The van der Waals surface area contributed by atoms with E-state index in [0.717, 1.165) is 36.9 Å². The Bertz CT molecular complexity index is 1900. The van der Waals surface area contributed by atoms with Crippen LogP contribution in [0, 0.1) is 24.8 Å². The summed E-state index contributed by atoms with van der Waals surface area (Å²) in [5, 5.41) is 16.7. The normalized spacial score (nSPS) is 12.5. The van der Waals surface area contributed by atoms with Gasteiger partial charge in [0.2, 0.25) is 0 Å². The van der Waals surface area contributed by atoms with Crippen molar-refractivity contribution in [3.05, 3.63) is 83.8 Å². The molecule has 48 heavy (non-hydrogen) atoms. The maximum absolute atomic E-state index is 11.7. The summed E-state index contributed by atoms with van der Waals surface area (Å²) < 4.78 is 3.10. The summed E-state index contributed by atoms with van der Waals surface area (Å²) in [7, 11) is -1.36. The maximum Gasteiger partial charge on any atom is 0 e. The van der Waals surface area contributed by atoms with Crippen LogP contribution < -0.4 is 5.19 Å². The molecule has 1 N–H and O–H groups in total. The van der Waals surface area contributed by atoms with E-state index in [9.17, 15) is 9.90 Å². The first-order valence-corrected chi connectivity index (χ1v) is 23.2. The van der Waals surface area contributed by atoms with E-state index < -0.39 is 28.5 Å². The molecule has 0 spiro atoms. The first kappa shape index (κ1) is 40.4. The van der Waals surface area contributed by atoms with Crippen molar-refractivity contribution < 1.29 is 30.0 Å². The van der Waals surface area contributed by atoms with E-state index in [1.807, 2.05) is 33.9 Å². The molecule has 2 heterocycles. The Morgan fingerprint density at radius 2 is 1.50 bits per heavy atom. The summed E-state index contributed by atoms with van der Waals surface area (Å²) >= 11 is -0.499. The molecule has 0 saturated carbocycles. The fraction of sp³-hybridized carbons (Fsp3) is 0.429. The first-order chi connectivity index (χ1) is 22.2. The molecule has 1 radical (unpaired) electrons. The van der Waals surface area contributed by atoms with Gasteiger partial charge in [-0.2, -0.15) is 0 Å². The van der Waals surface area contributed by atoms with Crippen LogP contribution in [-0.2, 0) is 30.3 Å². The maximum atomic E-state index is 11.7. The number of aliphatic hydroxyl groups is 1. The number of carbonyl (C=O) groups excluding carboxylic acids is 1. The van der Waals surface area contributed by atoms with E-state index >= 15 is 0 Å². The number of carbonyl (C=O) groups is 1. The molecule has 0 bridgehead atoms. The fourth-order valence-corrected chi connectivity index (χ4v) is 12.5. The summed E-state index contributed by atoms with van der Waals surface area (Å²) in [6, 6.07) is 21.8. The standard InChI is InChI=1S/C29H30NSiTe.C13H24O2.Ir/c1-18-25(31(5,6)7)13-12-22-23-14-15-30-26(28(23)32-27(18)22)20-16-19-10-8-9-11-21(19)24(17-20)29(2,3)4;1-5-10(6-2)12(14)9-13(15)11(7-3)8-4;/h8-15,17H,1-7H3;9-11,14H,5-8H2,1-4H3;/q-1;;/b;12-9-;. The van der Waals surface area contributed by atoms with E-state index in [1.165, 1.54) is 36.6 Å². The van der Waals surface area contributed by atoms with Crippen molar-refractivity contribution in [2.24, 2.45) is 11.8 Å². The molecule has 0 saturated heterocycles. The van der Waals surface area contributed by atoms with Crippen LogP contribution in [0.1, 0.15) is 85.3 Å². The molecular weight excluding hydrogens is 898 g/mol. The number of allylic oxidation sites excluding steroid dienone is 2. The van der Waals surface area contributed by atoms with Crippen molar-refractivity contribution in [2.75, 3.05) is 0 Å². The smallest absolute Gasteiger partial charge is 0 e. The van der Waals surface area contributed by atoms with Crippen molar-refractivity contribution >= 4 is 67.8 Å². The van der Waals surface area contributed by atoms with Gasteiger partial charge < -0.3 is 5.11 Å². The molecule has 5 aromatic rings. The molecule has 3 nitrogen and oxygen atoms in total. The minimum atomic E-state index is -1.36. The van der Waals surface area contributed by atoms with E-state index in [2.05, 4.69) is 102 Å². The van der Waals surface area contributed by atoms with Crippen LogP contribution in [0.25, 0.3) is 39.6 Å². The Hall–Kier alpha value is -2.06. The summed E-state index contributed by atoms with van der Waals surface area (Å²) in [6.07, 6.45) is 6.90. The molecule has 3 aromatic carbocycles. The molecule has 0 aliphatic rings. The van der Waals surface area contributed by atoms with Gasteiger partial charge >= 0.3 is 203 Å². The van der Waals surface area contributed by atoms with Crippen LogP contribution in [0.3, 0.4) is 0 Å². The number of ketones is 1. The number of nitrogens with zero attached hydrogens (tertiary/aromatic N) is 1. The van der Waals surface area contributed by atoms with Gasteiger partial charge in [-0.25, -0.2) is 0 Å². The Labute approximate surface area is 313 Å². The quantitative estimate of drug-likeness (QED) is 0.0693. The summed E-state index contributed by atoms with van der Waals surface area (Å²) in [5.74, 6) is 0.547. The van der Waals surface area contributed by atoms with E-state index in [4.69, 9.17) is 4.98 Å². The molecule has 0 fully saturated rings. The fourth-order valence-electron chi connectivity index (χ4n) is 6.66. The second-order valence-electron chi connectivity index (χ2n) is 14.9. The van der Waals surface area contributed by atoms with Crippen molar-refractivity contribution in [3.8, 4) is 11.3 Å². The van der Waals surface area contributed by atoms with Gasteiger partial charge in [-0.05, 0) is 25.7 Å². The number of benzene rings is 3. The average molecular weight is 953 g/mol. The van der Waals surface area contributed by atoms with Crippen LogP contribution in [0.2, 0.25) is 19.6 Å². The van der Waals surface area contributed by atoms with Crippen LogP contribution >= 0.6 is 0 Å². The van der Waals surface area contributed by atoms with Crippen molar-refractivity contribution in [1.29, 1.82) is 0 Å². The minimum absolute atomic E-state index is 0. The first-order valence-electron chi connectivity index (χ1n) is 17.4. The van der Waals surface area contributed by atoms with Crippen LogP contribution in [0.15, 0.2) is 66.6 Å². The Morgan fingerprint density at radius 3 is 2.08 bits per heavy atom. The van der Waals surface area contributed by atoms with Gasteiger partial charge in [0.15, 0.2) is 5.78 Å². The van der Waals surface area contributed by atoms with Crippen molar-refractivity contribution in [2.45, 2.75) is 106 Å². The van der Waals surface area contributed by atoms with E-state index in [1.54, 1.807) is 14.2 Å². The second-order valence-corrected chi connectivity index (χ2v) is 22.8. The Kier molecular flexibility index (Phi) is 14.1. The van der Waals surface area contributed by atoms with Crippen molar-refractivity contribution in [3.63, 3.8) is 0 Å². The number of fused-ring (bicyclic) bond motifs is 4. The zero-order valence-electron chi connectivity index (χ0n) is 30.8. The Morgan fingerprint density at radius 1 is 0.896 bits per heavy atom. The summed E-state index contributed by atoms with van der Waals surface area (Å²) in [5.41, 5.74) is 5.26. The molecule has 5 rings (SSSR count). The topological polar surface area (TPSA) is 50.2 Å². The molecule has 0 atom stereocenters. The largest absolute Gasteiger partial charge is 0 e. The third kappa shape index (κ3) is 8.80. The van der Waals surface area contributed by atoms with Crippen LogP contribution in [-0.4, -0.2) is 44.4 Å². The van der Waals surface area contributed by atoms with Gasteiger partial charge in [0, 0.05) is 38.0 Å². The number of pyridine rings is 1. The molecular formula is C42H54IrNO2SiTe-. The minimum Gasteiger partial charge on any atom is 0 e. The average Bonchev–Trinajstić information content (AvgIpc) is 3.41. The van der Waals surface area contributed by atoms with Gasteiger partial charge in [-0.1, -0.05) is 27.7 Å². The number of aliphatic hydroxyl groups excluding tert-OH is 1. The number of aryl methyl sites for hydroxylation is 1. The van der Waals surface area contributed by atoms with Crippen molar-refractivity contribution in [1.82, 2.24) is 4.98 Å². The summed E-state index contributed by atoms with van der Waals surface area (Å²) in [6.45, 7) is 24.7. The number of hydrogen-bond donors (Lipinski definition) is 1. The molecule has 6 heteroatoms. The van der Waals surface area contributed by atoms with E-state index in [-0.39, 0.29) is 48.9 Å². The SMILES string of the molecule is CCC(CC)C(=O)/C=C(\O)C(CC)CC.Cc1c([Si](C)(C)C)ccc2c1[te]c1c(-c3[c-]c4ccccc4c(C(C)(C)C)c3)nccc12.[Ir]. The Balaban J connectivity index is 0.000000334. The van der Waals surface area contributed by atoms with Gasteiger partial charge in [0.25, 0.3) is 0 Å². The second kappa shape index (κ2) is 16.8. The number of aromatic nitrogens is 1. The number of rotatable bonds is 9. The van der Waals surface area contributed by atoms with Gasteiger partial charge in [-0.3, -0.25) is 4.79 Å². The molecule has 0 unspecified atom stereocenters. The molecule has 2 aromatic heterocycles. The predicted octanol–water partition coefficient (Wildman–Crippen LogP) is 11.1. The van der Waals surface area contributed by atoms with Crippen LogP contribution in [0.5, 0.6) is 0 Å². The molecule has 0 aliphatic carbocycles. The summed E-state index contributed by atoms with van der Waals surface area (Å²) in [4.78, 5) is 16.7. The monoisotopic (exact) mass is 955 g/mol. The van der Waals surface area contributed by atoms with E-state index in [0.29, 0.717) is 0 Å². The zero-order valence-corrected chi connectivity index (χ0v) is 36.5. The zero-order chi connectivity index (χ0) is 34.7. The third-order valence-electron chi connectivity index (χ3n) is 9.53. The van der Waals surface area contributed by atoms with Gasteiger partial charge in [-0.15, -0.1) is 0 Å². The van der Waals surface area contributed by atoms with Crippen LogP contribution in [0.4, 0.5) is 0 Å². The molecule has 259 valence electrons. The predicted molar refractivity (Wildman–Crippen MR) is 208 cm³/mol. The number of hydrogen-bond acceptors (Lipinski definition) is 3. The van der Waals surface area contributed by atoms with Gasteiger partial charge in [0.1, 0.15) is 0 Å². The molecule has 0 amide bonds.